The zero-order valence-electron chi connectivity index (χ0n) is 10.2. The van der Waals surface area contributed by atoms with Crippen LogP contribution in [0.3, 0.4) is 0 Å². The lowest BCUT2D eigenvalue weighted by atomic mass is 9.71. The lowest BCUT2D eigenvalue weighted by Crippen LogP contribution is -2.39. The van der Waals surface area contributed by atoms with E-state index in [0.29, 0.717) is 6.54 Å². The molecule has 0 aliphatic heterocycles. The number of rotatable bonds is 4. The molecule has 0 heterocycles. The summed E-state index contributed by atoms with van der Waals surface area (Å²) in [4.78, 5) is 0.00400. The Labute approximate surface area is 106 Å². The summed E-state index contributed by atoms with van der Waals surface area (Å²) in [6.07, 6.45) is 3.20. The van der Waals surface area contributed by atoms with Gasteiger partial charge in [0.15, 0.2) is 0 Å². The van der Waals surface area contributed by atoms with Crippen molar-refractivity contribution in [2.75, 3.05) is 12.3 Å². The minimum atomic E-state index is -3.61. The van der Waals surface area contributed by atoms with Crippen LogP contribution in [0.2, 0.25) is 0 Å². The van der Waals surface area contributed by atoms with Gasteiger partial charge in [0, 0.05) is 6.54 Å². The molecule has 2 rings (SSSR count). The van der Waals surface area contributed by atoms with Crippen molar-refractivity contribution in [2.45, 2.75) is 31.1 Å². The highest BCUT2D eigenvalue weighted by molar-refractivity contribution is 7.89. The fourth-order valence-electron chi connectivity index (χ4n) is 2.00. The normalized spacial score (nSPS) is 18.3. The van der Waals surface area contributed by atoms with Crippen LogP contribution in [0, 0.1) is 11.2 Å². The molecule has 1 aromatic rings. The van der Waals surface area contributed by atoms with Crippen LogP contribution in [0.15, 0.2) is 23.1 Å². The molecule has 0 radical (unpaired) electrons. The average Bonchev–Trinajstić information content (AvgIpc) is 2.27. The molecule has 3 N–H and O–H groups in total. The highest BCUT2D eigenvalue weighted by Crippen LogP contribution is 2.39. The van der Waals surface area contributed by atoms with Crippen molar-refractivity contribution >= 4 is 15.7 Å². The third-order valence-electron chi connectivity index (χ3n) is 3.53. The second kappa shape index (κ2) is 4.51. The van der Waals surface area contributed by atoms with Gasteiger partial charge in [0.1, 0.15) is 5.82 Å². The molecule has 100 valence electrons. The molecule has 0 saturated heterocycles. The largest absolute Gasteiger partial charge is 0.396 e. The minimum absolute atomic E-state index is 0.00400. The molecule has 18 heavy (non-hydrogen) atoms. The van der Waals surface area contributed by atoms with Crippen LogP contribution in [0.1, 0.15) is 26.2 Å². The van der Waals surface area contributed by atoms with E-state index in [-0.39, 0.29) is 16.0 Å². The molecule has 1 fully saturated rings. The average molecular weight is 272 g/mol. The Balaban J connectivity index is 2.12. The smallest absolute Gasteiger partial charge is 0.240 e. The number of hydrogen-bond acceptors (Lipinski definition) is 3. The summed E-state index contributed by atoms with van der Waals surface area (Å²) >= 11 is 0. The standard InChI is InChI=1S/C12H17FN2O2S/c1-12(5-2-6-12)8-15-18(16,17)9-3-4-10(13)11(14)7-9/h3-4,7,15H,2,5-6,8,14H2,1H3. The Morgan fingerprint density at radius 2 is 2.11 bits per heavy atom. The van der Waals surface area contributed by atoms with Gasteiger partial charge in [0.2, 0.25) is 10.0 Å². The topological polar surface area (TPSA) is 72.2 Å². The van der Waals surface area contributed by atoms with Gasteiger partial charge in [-0.25, -0.2) is 17.5 Å². The highest BCUT2D eigenvalue weighted by atomic mass is 32.2. The van der Waals surface area contributed by atoms with E-state index < -0.39 is 15.8 Å². The van der Waals surface area contributed by atoms with Crippen LogP contribution >= 0.6 is 0 Å². The van der Waals surface area contributed by atoms with E-state index in [0.717, 1.165) is 31.4 Å². The predicted molar refractivity (Wildman–Crippen MR) is 68.0 cm³/mol. The molecule has 1 aliphatic carbocycles. The number of hydrogen-bond donors (Lipinski definition) is 2. The number of nitrogen functional groups attached to an aromatic ring is 1. The summed E-state index contributed by atoms with van der Waals surface area (Å²) in [6.45, 7) is 2.46. The molecular formula is C12H17FN2O2S. The fourth-order valence-corrected chi connectivity index (χ4v) is 3.23. The Kier molecular flexibility index (Phi) is 3.33. The van der Waals surface area contributed by atoms with Gasteiger partial charge in [-0.05, 0) is 36.5 Å². The number of sulfonamides is 1. The van der Waals surface area contributed by atoms with Gasteiger partial charge in [-0.15, -0.1) is 0 Å². The van der Waals surface area contributed by atoms with Gasteiger partial charge in [0.25, 0.3) is 0 Å². The lowest BCUT2D eigenvalue weighted by Gasteiger charge is -2.38. The molecule has 0 bridgehead atoms. The fraction of sp³-hybridized carbons (Fsp3) is 0.500. The van der Waals surface area contributed by atoms with Crippen LogP contribution in [0.5, 0.6) is 0 Å². The molecule has 0 spiro atoms. The first-order valence-electron chi connectivity index (χ1n) is 5.87. The van der Waals surface area contributed by atoms with Crippen molar-refractivity contribution in [3.05, 3.63) is 24.0 Å². The number of anilines is 1. The maximum atomic E-state index is 13.0. The van der Waals surface area contributed by atoms with E-state index in [2.05, 4.69) is 11.6 Å². The molecule has 0 amide bonds. The van der Waals surface area contributed by atoms with Crippen molar-refractivity contribution in [1.82, 2.24) is 4.72 Å². The first kappa shape index (κ1) is 13.3. The molecule has 1 saturated carbocycles. The second-order valence-corrected chi connectivity index (χ2v) is 6.94. The molecule has 0 aromatic heterocycles. The molecule has 6 heteroatoms. The Morgan fingerprint density at radius 3 is 2.61 bits per heavy atom. The van der Waals surface area contributed by atoms with Gasteiger partial charge in [-0.3, -0.25) is 0 Å². The third-order valence-corrected chi connectivity index (χ3v) is 4.93. The first-order chi connectivity index (χ1) is 8.32. The van der Waals surface area contributed by atoms with Gasteiger partial charge < -0.3 is 5.73 Å². The summed E-state index contributed by atoms with van der Waals surface area (Å²) in [5.41, 5.74) is 5.26. The van der Waals surface area contributed by atoms with E-state index >= 15 is 0 Å². The van der Waals surface area contributed by atoms with Crippen LogP contribution in [-0.4, -0.2) is 15.0 Å². The summed E-state index contributed by atoms with van der Waals surface area (Å²) in [7, 11) is -3.61. The first-order valence-corrected chi connectivity index (χ1v) is 7.35. The summed E-state index contributed by atoms with van der Waals surface area (Å²) < 4.78 is 39.5. The molecule has 1 aromatic carbocycles. The monoisotopic (exact) mass is 272 g/mol. The van der Waals surface area contributed by atoms with E-state index in [1.54, 1.807) is 0 Å². The van der Waals surface area contributed by atoms with E-state index in [1.165, 1.54) is 6.07 Å². The number of nitrogens with two attached hydrogens (primary N) is 1. The Morgan fingerprint density at radius 1 is 1.44 bits per heavy atom. The summed E-state index contributed by atoms with van der Waals surface area (Å²) in [5.74, 6) is -0.611. The highest BCUT2D eigenvalue weighted by Gasteiger charge is 2.33. The van der Waals surface area contributed by atoms with Crippen molar-refractivity contribution in [3.63, 3.8) is 0 Å². The summed E-state index contributed by atoms with van der Waals surface area (Å²) in [5, 5.41) is 0. The molecular weight excluding hydrogens is 255 g/mol. The molecule has 0 unspecified atom stereocenters. The third kappa shape index (κ3) is 2.64. The van der Waals surface area contributed by atoms with Gasteiger partial charge in [0.05, 0.1) is 10.6 Å². The van der Waals surface area contributed by atoms with Crippen LogP contribution in [0.25, 0.3) is 0 Å². The van der Waals surface area contributed by atoms with Gasteiger partial charge >= 0.3 is 0 Å². The van der Waals surface area contributed by atoms with E-state index in [1.807, 2.05) is 0 Å². The van der Waals surface area contributed by atoms with E-state index in [4.69, 9.17) is 5.73 Å². The Bertz CT molecular complexity index is 553. The lowest BCUT2D eigenvalue weighted by molar-refractivity contribution is 0.166. The maximum absolute atomic E-state index is 13.0. The zero-order chi connectivity index (χ0) is 13.4. The van der Waals surface area contributed by atoms with Crippen molar-refractivity contribution in [3.8, 4) is 0 Å². The van der Waals surface area contributed by atoms with Crippen LogP contribution in [-0.2, 0) is 10.0 Å². The minimum Gasteiger partial charge on any atom is -0.396 e. The number of nitrogens with one attached hydrogen (secondary N) is 1. The number of halogens is 1. The number of benzene rings is 1. The molecule has 4 nitrogen and oxygen atoms in total. The predicted octanol–water partition coefficient (Wildman–Crippen LogP) is 1.88. The van der Waals surface area contributed by atoms with Crippen molar-refractivity contribution in [2.24, 2.45) is 5.41 Å². The van der Waals surface area contributed by atoms with Crippen LogP contribution in [0.4, 0.5) is 10.1 Å². The second-order valence-electron chi connectivity index (χ2n) is 5.17. The zero-order valence-corrected chi connectivity index (χ0v) is 11.1. The maximum Gasteiger partial charge on any atom is 0.240 e. The molecule has 0 atom stereocenters. The quantitative estimate of drug-likeness (QED) is 0.822. The van der Waals surface area contributed by atoms with Crippen molar-refractivity contribution in [1.29, 1.82) is 0 Å². The SMILES string of the molecule is CC1(CNS(=O)(=O)c2ccc(F)c(N)c2)CCC1. The van der Waals surface area contributed by atoms with Crippen molar-refractivity contribution < 1.29 is 12.8 Å². The summed E-state index contributed by atoms with van der Waals surface area (Å²) in [6, 6.07) is 3.42. The molecule has 1 aliphatic rings. The van der Waals surface area contributed by atoms with Gasteiger partial charge in [-0.1, -0.05) is 13.3 Å². The van der Waals surface area contributed by atoms with Gasteiger partial charge in [-0.2, -0.15) is 0 Å². The van der Waals surface area contributed by atoms with Crippen LogP contribution < -0.4 is 10.5 Å². The Hall–Kier alpha value is -1.14. The van der Waals surface area contributed by atoms with E-state index in [9.17, 15) is 12.8 Å².